The maximum absolute atomic E-state index is 12.8. The topological polar surface area (TPSA) is 87.7 Å². The predicted molar refractivity (Wildman–Crippen MR) is 113 cm³/mol. The monoisotopic (exact) mass is 435 g/mol. The molecule has 0 bridgehead atoms. The maximum Gasteiger partial charge on any atom is 0.323 e. The van der Waals surface area contributed by atoms with Crippen LogP contribution in [-0.4, -0.2) is 45.1 Å². The largest absolute Gasteiger partial charge is 0.379 e. The van der Waals surface area contributed by atoms with Gasteiger partial charge in [-0.2, -0.15) is 4.31 Å². The van der Waals surface area contributed by atoms with Crippen molar-refractivity contribution in [2.45, 2.75) is 11.8 Å². The molecule has 0 radical (unpaired) electrons. The summed E-state index contributed by atoms with van der Waals surface area (Å²) in [6, 6.07) is 11.5. The number of anilines is 1. The van der Waals surface area contributed by atoms with Gasteiger partial charge in [0.05, 0.1) is 28.8 Å². The smallest absolute Gasteiger partial charge is 0.323 e. The Kier molecular flexibility index (Phi) is 6.92. The minimum atomic E-state index is -3.69. The molecule has 7 nitrogen and oxygen atoms in total. The van der Waals surface area contributed by atoms with Crippen LogP contribution in [0, 0.1) is 6.92 Å². The van der Waals surface area contributed by atoms with Gasteiger partial charge in [-0.25, -0.2) is 13.2 Å². The standard InChI is InChI=1S/C20H22ClN3O4S/c1-15-3-2-4-16(13-15)7-8-22-20(25)23-19-14-17(5-6-18(19)21)29(26,27)24-9-11-28-12-10-24/h2-8,13-14H,9-12H2,1H3,(H2,22,23,25)/b8-7+. The van der Waals surface area contributed by atoms with E-state index in [2.05, 4.69) is 10.6 Å². The Morgan fingerprint density at radius 3 is 2.66 bits per heavy atom. The third-order valence-electron chi connectivity index (χ3n) is 4.33. The number of sulfonamides is 1. The number of carbonyl (C=O) groups excluding carboxylic acids is 1. The Morgan fingerprint density at radius 1 is 1.17 bits per heavy atom. The Hall–Kier alpha value is -2.39. The maximum atomic E-state index is 12.8. The second-order valence-corrected chi connectivity index (χ2v) is 8.85. The molecule has 1 aliphatic heterocycles. The van der Waals surface area contributed by atoms with Crippen LogP contribution >= 0.6 is 11.6 Å². The number of rotatable bonds is 5. The van der Waals surface area contributed by atoms with Gasteiger partial charge in [0, 0.05) is 19.3 Å². The molecule has 0 aromatic heterocycles. The van der Waals surface area contributed by atoms with Crippen molar-refractivity contribution in [3.05, 3.63) is 64.8 Å². The van der Waals surface area contributed by atoms with Crippen LogP contribution in [0.4, 0.5) is 10.5 Å². The van der Waals surface area contributed by atoms with Crippen LogP contribution in [0.1, 0.15) is 11.1 Å². The highest BCUT2D eigenvalue weighted by Gasteiger charge is 2.27. The highest BCUT2D eigenvalue weighted by molar-refractivity contribution is 7.89. The van der Waals surface area contributed by atoms with E-state index in [0.29, 0.717) is 13.2 Å². The first-order chi connectivity index (χ1) is 13.9. The fourth-order valence-electron chi connectivity index (χ4n) is 2.84. The van der Waals surface area contributed by atoms with Crippen molar-refractivity contribution < 1.29 is 17.9 Å². The van der Waals surface area contributed by atoms with Crippen LogP contribution in [-0.2, 0) is 14.8 Å². The molecule has 0 aliphatic carbocycles. The van der Waals surface area contributed by atoms with Crippen molar-refractivity contribution in [3.8, 4) is 0 Å². The molecule has 9 heteroatoms. The van der Waals surface area contributed by atoms with E-state index in [0.717, 1.165) is 11.1 Å². The third-order valence-corrected chi connectivity index (χ3v) is 6.55. The molecular weight excluding hydrogens is 414 g/mol. The van der Waals surface area contributed by atoms with Gasteiger partial charge in [0.1, 0.15) is 0 Å². The van der Waals surface area contributed by atoms with Crippen molar-refractivity contribution >= 4 is 39.4 Å². The van der Waals surface area contributed by atoms with Gasteiger partial charge >= 0.3 is 6.03 Å². The molecule has 2 aromatic carbocycles. The molecule has 154 valence electrons. The zero-order chi connectivity index (χ0) is 20.9. The van der Waals surface area contributed by atoms with E-state index in [-0.39, 0.29) is 28.7 Å². The van der Waals surface area contributed by atoms with Gasteiger partial charge < -0.3 is 15.4 Å². The van der Waals surface area contributed by atoms with Gasteiger partial charge in [-0.05, 0) is 36.8 Å². The summed E-state index contributed by atoms with van der Waals surface area (Å²) in [5.74, 6) is 0. The molecule has 1 heterocycles. The molecular formula is C20H22ClN3O4S. The Morgan fingerprint density at radius 2 is 1.93 bits per heavy atom. The second-order valence-electron chi connectivity index (χ2n) is 6.50. The molecule has 0 unspecified atom stereocenters. The Labute approximate surface area is 175 Å². The molecule has 2 aromatic rings. The SMILES string of the molecule is Cc1cccc(/C=C/NC(=O)Nc2cc(S(=O)(=O)N3CCOCC3)ccc2Cl)c1. The van der Waals surface area contributed by atoms with Crippen LogP contribution in [0.2, 0.25) is 5.02 Å². The van der Waals surface area contributed by atoms with Crippen molar-refractivity contribution in [3.63, 3.8) is 0 Å². The molecule has 1 aliphatic rings. The van der Waals surface area contributed by atoms with Crippen LogP contribution in [0.3, 0.4) is 0 Å². The molecule has 0 saturated carbocycles. The molecule has 0 atom stereocenters. The first-order valence-corrected chi connectivity index (χ1v) is 10.9. The van der Waals surface area contributed by atoms with Gasteiger partial charge in [-0.3, -0.25) is 0 Å². The first kappa shape index (κ1) is 21.3. The number of amides is 2. The average Bonchev–Trinajstić information content (AvgIpc) is 2.70. The summed E-state index contributed by atoms with van der Waals surface area (Å²) in [6.45, 7) is 3.27. The lowest BCUT2D eigenvalue weighted by molar-refractivity contribution is 0.0730. The van der Waals surface area contributed by atoms with E-state index < -0.39 is 16.1 Å². The summed E-state index contributed by atoms with van der Waals surface area (Å²) in [5.41, 5.74) is 2.27. The number of morpholine rings is 1. The number of hydrogen-bond acceptors (Lipinski definition) is 4. The number of nitrogens with zero attached hydrogens (tertiary/aromatic N) is 1. The molecule has 2 amide bonds. The number of hydrogen-bond donors (Lipinski definition) is 2. The number of ether oxygens (including phenoxy) is 1. The number of carbonyl (C=O) groups is 1. The summed E-state index contributed by atoms with van der Waals surface area (Å²) in [4.78, 5) is 12.2. The zero-order valence-corrected chi connectivity index (χ0v) is 17.5. The Bertz CT molecular complexity index is 1020. The van der Waals surface area contributed by atoms with Crippen molar-refractivity contribution in [1.82, 2.24) is 9.62 Å². The van der Waals surface area contributed by atoms with E-state index >= 15 is 0 Å². The number of aryl methyl sites for hydroxylation is 1. The number of benzene rings is 2. The molecule has 1 fully saturated rings. The third kappa shape index (κ3) is 5.57. The van der Waals surface area contributed by atoms with E-state index in [1.165, 1.54) is 28.7 Å². The summed E-state index contributed by atoms with van der Waals surface area (Å²) in [6.07, 6.45) is 3.26. The lowest BCUT2D eigenvalue weighted by Crippen LogP contribution is -2.40. The number of halogens is 1. The summed E-state index contributed by atoms with van der Waals surface area (Å²) >= 11 is 6.13. The van der Waals surface area contributed by atoms with Gasteiger partial charge in [0.15, 0.2) is 0 Å². The second kappa shape index (κ2) is 9.41. The summed E-state index contributed by atoms with van der Waals surface area (Å²) in [5, 5.41) is 5.40. The lowest BCUT2D eigenvalue weighted by atomic mass is 10.1. The summed E-state index contributed by atoms with van der Waals surface area (Å²) in [7, 11) is -3.69. The van der Waals surface area contributed by atoms with Gasteiger partial charge in [-0.15, -0.1) is 0 Å². The quantitative estimate of drug-likeness (QED) is 0.752. The van der Waals surface area contributed by atoms with Crippen LogP contribution in [0.25, 0.3) is 6.08 Å². The van der Waals surface area contributed by atoms with Crippen molar-refractivity contribution in [1.29, 1.82) is 0 Å². The fourth-order valence-corrected chi connectivity index (χ4v) is 4.44. The van der Waals surface area contributed by atoms with E-state index in [9.17, 15) is 13.2 Å². The summed E-state index contributed by atoms with van der Waals surface area (Å²) < 4.78 is 32.1. The molecule has 1 saturated heterocycles. The minimum Gasteiger partial charge on any atom is -0.379 e. The molecule has 29 heavy (non-hydrogen) atoms. The number of urea groups is 1. The lowest BCUT2D eigenvalue weighted by Gasteiger charge is -2.26. The minimum absolute atomic E-state index is 0.0643. The molecule has 0 spiro atoms. The van der Waals surface area contributed by atoms with E-state index in [1.54, 1.807) is 6.08 Å². The van der Waals surface area contributed by atoms with E-state index in [1.807, 2.05) is 31.2 Å². The highest BCUT2D eigenvalue weighted by Crippen LogP contribution is 2.27. The van der Waals surface area contributed by atoms with Gasteiger partial charge in [0.2, 0.25) is 10.0 Å². The average molecular weight is 436 g/mol. The fraction of sp³-hybridized carbons (Fsp3) is 0.250. The highest BCUT2D eigenvalue weighted by atomic mass is 35.5. The van der Waals surface area contributed by atoms with Crippen molar-refractivity contribution in [2.24, 2.45) is 0 Å². The van der Waals surface area contributed by atoms with E-state index in [4.69, 9.17) is 16.3 Å². The Balaban J connectivity index is 1.68. The predicted octanol–water partition coefficient (Wildman–Crippen LogP) is 3.46. The van der Waals surface area contributed by atoms with Gasteiger partial charge in [0.25, 0.3) is 0 Å². The van der Waals surface area contributed by atoms with Crippen LogP contribution in [0.5, 0.6) is 0 Å². The number of nitrogens with one attached hydrogen (secondary N) is 2. The van der Waals surface area contributed by atoms with Gasteiger partial charge in [-0.1, -0.05) is 41.4 Å². The molecule has 3 rings (SSSR count). The zero-order valence-electron chi connectivity index (χ0n) is 15.9. The van der Waals surface area contributed by atoms with Crippen molar-refractivity contribution in [2.75, 3.05) is 31.6 Å². The van der Waals surface area contributed by atoms with Crippen LogP contribution < -0.4 is 10.6 Å². The normalized spacial score (nSPS) is 15.4. The first-order valence-electron chi connectivity index (χ1n) is 9.04. The molecule has 2 N–H and O–H groups in total. The van der Waals surface area contributed by atoms with Crippen LogP contribution in [0.15, 0.2) is 53.6 Å².